The molecular weight excluding hydrogens is 541 g/mol. The summed E-state index contributed by atoms with van der Waals surface area (Å²) in [6.45, 7) is 8.56. The first kappa shape index (κ1) is 30.4. The second-order valence-corrected chi connectivity index (χ2v) is 9.37. The van der Waals surface area contributed by atoms with E-state index in [0.717, 1.165) is 17.5 Å². The highest BCUT2D eigenvalue weighted by molar-refractivity contribution is 9.10. The number of aliphatic hydroxyl groups is 2. The number of hydrogen-bond donors (Lipinski definition) is 3. The third-order valence-corrected chi connectivity index (χ3v) is 6.24. The lowest BCUT2D eigenvalue weighted by molar-refractivity contribution is 0.0813. The summed E-state index contributed by atoms with van der Waals surface area (Å²) in [5, 5.41) is 19.5. The van der Waals surface area contributed by atoms with E-state index in [9.17, 15) is 9.50 Å². The van der Waals surface area contributed by atoms with Crippen LogP contribution < -0.4 is 10.5 Å². The van der Waals surface area contributed by atoms with Crippen LogP contribution in [0.4, 0.5) is 4.39 Å². The Morgan fingerprint density at radius 1 is 1.22 bits per heavy atom. The van der Waals surface area contributed by atoms with Gasteiger partial charge in [0.05, 0.1) is 19.8 Å². The second kappa shape index (κ2) is 16.1. The molecule has 0 aliphatic heterocycles. The maximum Gasteiger partial charge on any atom is 0.146 e. The molecule has 2 aromatic carbocycles. The average Bonchev–Trinajstić information content (AvgIpc) is 2.87. The van der Waals surface area contributed by atoms with Crippen molar-refractivity contribution in [3.8, 4) is 5.75 Å². The minimum Gasteiger partial charge on any atom is -0.487 e. The Kier molecular flexibility index (Phi) is 13.2. The predicted octanol–water partition coefficient (Wildman–Crippen LogP) is 4.04. The van der Waals surface area contributed by atoms with Crippen molar-refractivity contribution in [3.05, 3.63) is 94.1 Å². The van der Waals surface area contributed by atoms with Crippen molar-refractivity contribution in [1.82, 2.24) is 9.80 Å². The maximum atomic E-state index is 14.0. The Morgan fingerprint density at radius 2 is 2.00 bits per heavy atom. The van der Waals surface area contributed by atoms with Gasteiger partial charge in [0.25, 0.3) is 0 Å². The zero-order chi connectivity index (χ0) is 27.2. The lowest BCUT2D eigenvalue weighted by Crippen LogP contribution is -2.31. The minimum atomic E-state index is -0.981. The smallest absolute Gasteiger partial charge is 0.146 e. The van der Waals surface area contributed by atoms with Gasteiger partial charge < -0.3 is 35.2 Å². The average molecular weight is 579 g/mol. The highest BCUT2D eigenvalue weighted by Crippen LogP contribution is 2.20. The molecule has 0 aliphatic rings. The van der Waals surface area contributed by atoms with E-state index in [-0.39, 0.29) is 19.0 Å². The molecule has 0 spiro atoms. The van der Waals surface area contributed by atoms with Gasteiger partial charge in [0.2, 0.25) is 0 Å². The van der Waals surface area contributed by atoms with Crippen LogP contribution in [-0.2, 0) is 11.2 Å². The van der Waals surface area contributed by atoms with Crippen molar-refractivity contribution in [2.75, 3.05) is 46.6 Å². The summed E-state index contributed by atoms with van der Waals surface area (Å²) >= 11 is 3.23. The number of aliphatic hydroxyl groups excluding tert-OH is 2. The monoisotopic (exact) mass is 577 g/mol. The standard InChI is InChI=1S/C28H37BrFN3O4/c1-21-18-26(8-5-23(21)10-16-36-17-14-33(12-11-31)13-15-34)37-20-22(2)32(3)28(35)9-6-24-4-7-25(29)19-27(24)30/h4-9,11-12,18-19,28,34-35H,2,10,13-17,20,31H2,1,3H3/b9-6+,12-11-. The van der Waals surface area contributed by atoms with Crippen molar-refractivity contribution in [1.29, 1.82) is 0 Å². The second-order valence-electron chi connectivity index (χ2n) is 8.46. The van der Waals surface area contributed by atoms with Crippen molar-refractivity contribution >= 4 is 22.0 Å². The van der Waals surface area contributed by atoms with Crippen LogP contribution in [0.15, 0.2) is 71.6 Å². The molecule has 0 fully saturated rings. The third-order valence-electron chi connectivity index (χ3n) is 5.75. The van der Waals surface area contributed by atoms with Crippen molar-refractivity contribution in [2.45, 2.75) is 19.6 Å². The fourth-order valence-electron chi connectivity index (χ4n) is 3.43. The van der Waals surface area contributed by atoms with Crippen LogP contribution in [0.3, 0.4) is 0 Å². The molecule has 0 aromatic heterocycles. The molecule has 4 N–H and O–H groups in total. The van der Waals surface area contributed by atoms with Crippen LogP contribution in [-0.4, -0.2) is 72.8 Å². The van der Waals surface area contributed by atoms with Gasteiger partial charge in [-0.3, -0.25) is 0 Å². The molecule has 2 rings (SSSR count). The van der Waals surface area contributed by atoms with Gasteiger partial charge in [-0.1, -0.05) is 40.7 Å². The number of nitrogens with zero attached hydrogens (tertiary/aromatic N) is 2. The number of benzene rings is 2. The van der Waals surface area contributed by atoms with Crippen LogP contribution >= 0.6 is 15.9 Å². The molecule has 0 saturated heterocycles. The fraction of sp³-hybridized carbons (Fsp3) is 0.357. The molecule has 37 heavy (non-hydrogen) atoms. The number of rotatable bonds is 16. The quantitative estimate of drug-likeness (QED) is 0.205. The molecule has 7 nitrogen and oxygen atoms in total. The van der Waals surface area contributed by atoms with E-state index in [2.05, 4.69) is 22.5 Å². The zero-order valence-corrected chi connectivity index (χ0v) is 23.0. The van der Waals surface area contributed by atoms with E-state index >= 15 is 0 Å². The normalized spacial score (nSPS) is 12.3. The van der Waals surface area contributed by atoms with Crippen LogP contribution in [0.25, 0.3) is 6.08 Å². The van der Waals surface area contributed by atoms with Gasteiger partial charge in [0, 0.05) is 48.3 Å². The van der Waals surface area contributed by atoms with Gasteiger partial charge in [-0.05, 0) is 54.8 Å². The number of ether oxygens (including phenoxy) is 2. The first-order valence-electron chi connectivity index (χ1n) is 12.0. The van der Waals surface area contributed by atoms with Crippen molar-refractivity contribution in [2.24, 2.45) is 5.73 Å². The number of halogens is 2. The Bertz CT molecular complexity index is 1060. The Balaban J connectivity index is 1.78. The zero-order valence-electron chi connectivity index (χ0n) is 21.4. The summed E-state index contributed by atoms with van der Waals surface area (Å²) in [4.78, 5) is 3.47. The molecular formula is C28H37BrFN3O4. The van der Waals surface area contributed by atoms with E-state index < -0.39 is 6.23 Å². The van der Waals surface area contributed by atoms with Gasteiger partial charge in [-0.25, -0.2) is 4.39 Å². The van der Waals surface area contributed by atoms with Crippen LogP contribution in [0.5, 0.6) is 5.75 Å². The summed E-state index contributed by atoms with van der Waals surface area (Å²) in [6.07, 6.45) is 6.00. The molecule has 0 amide bonds. The Morgan fingerprint density at radius 3 is 2.68 bits per heavy atom. The van der Waals surface area contributed by atoms with Gasteiger partial charge in [0.15, 0.2) is 0 Å². The van der Waals surface area contributed by atoms with E-state index in [4.69, 9.17) is 20.3 Å². The summed E-state index contributed by atoms with van der Waals surface area (Å²) in [7, 11) is 1.70. The minimum absolute atomic E-state index is 0.0626. The molecule has 0 radical (unpaired) electrons. The Labute approximate surface area is 227 Å². The topological polar surface area (TPSA) is 91.4 Å². The highest BCUT2D eigenvalue weighted by Gasteiger charge is 2.11. The lowest BCUT2D eigenvalue weighted by atomic mass is 10.1. The molecule has 9 heteroatoms. The molecule has 2 aromatic rings. The number of hydrogen-bond acceptors (Lipinski definition) is 7. The maximum absolute atomic E-state index is 14.0. The van der Waals surface area contributed by atoms with E-state index in [1.54, 1.807) is 30.3 Å². The lowest BCUT2D eigenvalue weighted by Gasteiger charge is -2.25. The Hall–Kier alpha value is -2.85. The van der Waals surface area contributed by atoms with Gasteiger partial charge >= 0.3 is 0 Å². The molecule has 0 heterocycles. The first-order valence-corrected chi connectivity index (χ1v) is 12.8. The third kappa shape index (κ3) is 10.6. The van der Waals surface area contributed by atoms with Crippen LogP contribution in [0, 0.1) is 12.7 Å². The fourth-order valence-corrected chi connectivity index (χ4v) is 3.76. The highest BCUT2D eigenvalue weighted by atomic mass is 79.9. The first-order chi connectivity index (χ1) is 17.7. The molecule has 0 saturated carbocycles. The van der Waals surface area contributed by atoms with Crippen LogP contribution in [0.2, 0.25) is 0 Å². The summed E-state index contributed by atoms with van der Waals surface area (Å²) in [5.41, 5.74) is 8.62. The number of likely N-dealkylation sites (N-methyl/N-ethyl adjacent to an activating group) is 1. The molecule has 1 unspecified atom stereocenters. The van der Waals surface area contributed by atoms with Crippen molar-refractivity contribution < 1.29 is 24.1 Å². The summed E-state index contributed by atoms with van der Waals surface area (Å²) in [6, 6.07) is 10.6. The van der Waals surface area contributed by atoms with Gasteiger partial charge in [-0.15, -0.1) is 0 Å². The van der Waals surface area contributed by atoms with Gasteiger partial charge in [0.1, 0.15) is 24.4 Å². The molecule has 0 bridgehead atoms. The molecule has 0 aliphatic carbocycles. The molecule has 1 atom stereocenters. The number of nitrogens with two attached hydrogens (primary N) is 1. The van der Waals surface area contributed by atoms with E-state index in [1.807, 2.05) is 30.0 Å². The predicted molar refractivity (Wildman–Crippen MR) is 149 cm³/mol. The van der Waals surface area contributed by atoms with Crippen molar-refractivity contribution in [3.63, 3.8) is 0 Å². The van der Waals surface area contributed by atoms with E-state index in [0.29, 0.717) is 47.8 Å². The largest absolute Gasteiger partial charge is 0.487 e. The number of aryl methyl sites for hydroxylation is 1. The van der Waals surface area contributed by atoms with E-state index in [1.165, 1.54) is 24.4 Å². The SMILES string of the molecule is C=C(COc1ccc(CCOCCN(/C=C\N)CCO)c(C)c1)N(C)C(O)/C=C/c1ccc(Br)cc1F. The summed E-state index contributed by atoms with van der Waals surface area (Å²) in [5.74, 6) is 0.324. The molecule has 202 valence electrons. The van der Waals surface area contributed by atoms with Crippen LogP contribution in [0.1, 0.15) is 16.7 Å². The summed E-state index contributed by atoms with van der Waals surface area (Å²) < 4.78 is 26.2. The van der Waals surface area contributed by atoms with Gasteiger partial charge in [-0.2, -0.15) is 0 Å².